The van der Waals surface area contributed by atoms with Crippen molar-refractivity contribution in [1.29, 1.82) is 0 Å². The Morgan fingerprint density at radius 1 is 1.12 bits per heavy atom. The van der Waals surface area contributed by atoms with E-state index in [0.29, 0.717) is 32.0 Å². The summed E-state index contributed by atoms with van der Waals surface area (Å²) in [5.74, 6) is 0.730. The maximum absolute atomic E-state index is 12.6. The van der Waals surface area contributed by atoms with Crippen LogP contribution >= 0.6 is 35.0 Å². The molecule has 2 heterocycles. The first-order chi connectivity index (χ1) is 12.5. The highest BCUT2D eigenvalue weighted by Gasteiger charge is 2.35. The molecule has 0 aromatic heterocycles. The van der Waals surface area contributed by atoms with Gasteiger partial charge in [-0.1, -0.05) is 35.3 Å². The van der Waals surface area contributed by atoms with E-state index in [0.717, 1.165) is 22.2 Å². The van der Waals surface area contributed by atoms with E-state index in [1.54, 1.807) is 36.4 Å². The van der Waals surface area contributed by atoms with Crippen molar-refractivity contribution in [3.05, 3.63) is 62.5 Å². The maximum Gasteiger partial charge on any atom is 0.293 e. The van der Waals surface area contributed by atoms with E-state index in [9.17, 15) is 9.59 Å². The van der Waals surface area contributed by atoms with Crippen LogP contribution in [0.3, 0.4) is 0 Å². The van der Waals surface area contributed by atoms with Gasteiger partial charge in [0.15, 0.2) is 11.5 Å². The zero-order chi connectivity index (χ0) is 18.3. The van der Waals surface area contributed by atoms with Crippen LogP contribution in [-0.4, -0.2) is 22.8 Å². The van der Waals surface area contributed by atoms with Crippen LogP contribution in [0, 0.1) is 0 Å². The van der Waals surface area contributed by atoms with Crippen molar-refractivity contribution >= 4 is 52.2 Å². The Bertz CT molecular complexity index is 960. The summed E-state index contributed by atoms with van der Waals surface area (Å²) in [5, 5.41) is 0.620. The maximum atomic E-state index is 12.6. The van der Waals surface area contributed by atoms with Crippen molar-refractivity contribution in [3.63, 3.8) is 0 Å². The lowest BCUT2D eigenvalue weighted by molar-refractivity contribution is -0.123. The zero-order valence-corrected chi connectivity index (χ0v) is 15.5. The number of halogens is 2. The Labute approximate surface area is 163 Å². The predicted molar refractivity (Wildman–Crippen MR) is 101 cm³/mol. The van der Waals surface area contributed by atoms with Crippen molar-refractivity contribution in [2.75, 3.05) is 6.79 Å². The number of rotatable bonds is 3. The zero-order valence-electron chi connectivity index (χ0n) is 13.2. The van der Waals surface area contributed by atoms with Crippen molar-refractivity contribution in [3.8, 4) is 11.5 Å². The Morgan fingerprint density at radius 2 is 1.88 bits per heavy atom. The molecule has 0 spiro atoms. The minimum absolute atomic E-state index is 0.0625. The fraction of sp³-hybridized carbons (Fsp3) is 0.111. The van der Waals surface area contributed by atoms with Crippen LogP contribution in [0.5, 0.6) is 11.5 Å². The molecule has 5 nitrogen and oxygen atoms in total. The number of hydrogen-bond acceptors (Lipinski definition) is 5. The first-order valence-electron chi connectivity index (χ1n) is 7.60. The number of ether oxygens (including phenoxy) is 2. The first-order valence-corrected chi connectivity index (χ1v) is 9.17. The number of imide groups is 1. The minimum atomic E-state index is -0.367. The van der Waals surface area contributed by atoms with Gasteiger partial charge in [-0.25, -0.2) is 0 Å². The molecule has 1 fully saturated rings. The summed E-state index contributed by atoms with van der Waals surface area (Å²) in [4.78, 5) is 26.4. The minimum Gasteiger partial charge on any atom is -0.454 e. The molecule has 8 heteroatoms. The standard InChI is InChI=1S/C18H11Cl2NO4S/c19-12-3-1-2-10(4-12)5-16-17(22)21(18(23)26-16)8-11-6-14-15(7-13(11)20)25-9-24-14/h1-7H,8-9H2/b16-5+. The van der Waals surface area contributed by atoms with Gasteiger partial charge in [0.2, 0.25) is 6.79 Å². The SMILES string of the molecule is O=C1S/C(=C/c2cccc(Cl)c2)C(=O)N1Cc1cc2c(cc1Cl)OCO2. The van der Waals surface area contributed by atoms with Crippen molar-refractivity contribution in [1.82, 2.24) is 4.90 Å². The molecule has 0 N–H and O–H groups in total. The van der Waals surface area contributed by atoms with Gasteiger partial charge in [0, 0.05) is 16.1 Å². The largest absolute Gasteiger partial charge is 0.454 e. The number of benzene rings is 2. The van der Waals surface area contributed by atoms with Crippen LogP contribution in [0.15, 0.2) is 41.3 Å². The normalized spacial score (nSPS) is 17.5. The van der Waals surface area contributed by atoms with Gasteiger partial charge in [0.25, 0.3) is 11.1 Å². The summed E-state index contributed by atoms with van der Waals surface area (Å²) >= 11 is 13.1. The predicted octanol–water partition coefficient (Wildman–Crippen LogP) is 4.96. The molecule has 0 unspecified atom stereocenters. The summed E-state index contributed by atoms with van der Waals surface area (Å²) in [6, 6.07) is 10.4. The van der Waals surface area contributed by atoms with E-state index in [1.165, 1.54) is 0 Å². The van der Waals surface area contributed by atoms with Crippen LogP contribution in [0.2, 0.25) is 10.0 Å². The summed E-state index contributed by atoms with van der Waals surface area (Å²) < 4.78 is 10.6. The van der Waals surface area contributed by atoms with Crippen LogP contribution in [-0.2, 0) is 11.3 Å². The second-order valence-corrected chi connectivity index (χ2v) is 7.46. The molecule has 0 aliphatic carbocycles. The Balaban J connectivity index is 1.59. The van der Waals surface area contributed by atoms with Gasteiger partial charge in [-0.2, -0.15) is 0 Å². The van der Waals surface area contributed by atoms with Crippen molar-refractivity contribution in [2.24, 2.45) is 0 Å². The fourth-order valence-corrected chi connectivity index (χ4v) is 3.89. The highest BCUT2D eigenvalue weighted by atomic mass is 35.5. The number of carbonyl (C=O) groups excluding carboxylic acids is 2. The molecular weight excluding hydrogens is 397 g/mol. The van der Waals surface area contributed by atoms with Crippen LogP contribution in [0.25, 0.3) is 6.08 Å². The third-order valence-corrected chi connectivity index (χ3v) is 5.38. The molecular formula is C18H11Cl2NO4S. The number of nitrogens with zero attached hydrogens (tertiary/aromatic N) is 1. The molecule has 132 valence electrons. The van der Waals surface area contributed by atoms with Gasteiger partial charge in [0.1, 0.15) is 0 Å². The number of thioether (sulfide) groups is 1. The Morgan fingerprint density at radius 3 is 2.65 bits per heavy atom. The highest BCUT2D eigenvalue weighted by molar-refractivity contribution is 8.18. The third kappa shape index (κ3) is 3.28. The lowest BCUT2D eigenvalue weighted by Crippen LogP contribution is -2.27. The van der Waals surface area contributed by atoms with Gasteiger partial charge >= 0.3 is 0 Å². The summed E-state index contributed by atoms with van der Waals surface area (Å²) in [6.07, 6.45) is 1.65. The monoisotopic (exact) mass is 407 g/mol. The molecule has 2 aliphatic heterocycles. The molecule has 0 radical (unpaired) electrons. The number of hydrogen-bond donors (Lipinski definition) is 0. The smallest absolute Gasteiger partial charge is 0.293 e. The average molecular weight is 408 g/mol. The summed E-state index contributed by atoms with van der Waals surface area (Å²) in [6.45, 7) is 0.187. The first kappa shape index (κ1) is 17.3. The molecule has 2 aromatic rings. The lowest BCUT2D eigenvalue weighted by atomic mass is 10.1. The second kappa shape index (κ2) is 6.87. The lowest BCUT2D eigenvalue weighted by Gasteiger charge is -2.14. The van der Waals surface area contributed by atoms with E-state index in [4.69, 9.17) is 32.7 Å². The molecule has 26 heavy (non-hydrogen) atoms. The Hall–Kier alpha value is -2.15. The number of carbonyl (C=O) groups is 2. The Kier molecular flexibility index (Phi) is 4.56. The van der Waals surface area contributed by atoms with E-state index in [1.807, 2.05) is 6.07 Å². The van der Waals surface area contributed by atoms with Gasteiger partial charge in [-0.15, -0.1) is 0 Å². The molecule has 0 saturated carbocycles. The molecule has 4 rings (SSSR count). The average Bonchev–Trinajstić information content (AvgIpc) is 3.14. The van der Waals surface area contributed by atoms with Crippen molar-refractivity contribution in [2.45, 2.75) is 6.54 Å². The summed E-state index contributed by atoms with van der Waals surface area (Å²) in [5.41, 5.74) is 1.37. The van der Waals surface area contributed by atoms with Crippen LogP contribution in [0.1, 0.15) is 11.1 Å². The fourth-order valence-electron chi connectivity index (χ4n) is 2.63. The molecule has 2 aromatic carbocycles. The summed E-state index contributed by atoms with van der Waals surface area (Å²) in [7, 11) is 0. The van der Waals surface area contributed by atoms with Gasteiger partial charge in [0.05, 0.1) is 11.4 Å². The third-order valence-electron chi connectivity index (χ3n) is 3.89. The van der Waals surface area contributed by atoms with Crippen LogP contribution in [0.4, 0.5) is 4.79 Å². The molecule has 1 saturated heterocycles. The number of amides is 2. The van der Waals surface area contributed by atoms with Crippen molar-refractivity contribution < 1.29 is 19.1 Å². The molecule has 2 aliphatic rings. The van der Waals surface area contributed by atoms with Crippen LogP contribution < -0.4 is 9.47 Å². The number of fused-ring (bicyclic) bond motifs is 1. The highest BCUT2D eigenvalue weighted by Crippen LogP contribution is 2.39. The quantitative estimate of drug-likeness (QED) is 0.672. The second-order valence-electron chi connectivity index (χ2n) is 5.62. The van der Waals surface area contributed by atoms with E-state index in [-0.39, 0.29) is 24.5 Å². The topological polar surface area (TPSA) is 55.8 Å². The van der Waals surface area contributed by atoms with Gasteiger partial charge < -0.3 is 9.47 Å². The van der Waals surface area contributed by atoms with Gasteiger partial charge in [-0.3, -0.25) is 14.5 Å². The van der Waals surface area contributed by atoms with E-state index >= 15 is 0 Å². The molecule has 0 bridgehead atoms. The van der Waals surface area contributed by atoms with Gasteiger partial charge in [-0.05, 0) is 47.2 Å². The van der Waals surface area contributed by atoms with E-state index < -0.39 is 0 Å². The van der Waals surface area contributed by atoms with E-state index in [2.05, 4.69) is 0 Å². The molecule has 0 atom stereocenters. The molecule has 2 amide bonds.